The number of benzene rings is 1. The van der Waals surface area contributed by atoms with Crippen LogP contribution in [0.3, 0.4) is 0 Å². The first kappa shape index (κ1) is 15.7. The molecular formula is C19H23N3O. The molecule has 2 aromatic rings. The molecule has 0 saturated carbocycles. The molecular weight excluding hydrogens is 286 g/mol. The molecule has 1 atom stereocenters. The summed E-state index contributed by atoms with van der Waals surface area (Å²) >= 11 is 0. The standard InChI is InChI=1S/C19H23N3O/c1-14-12-15(2)21-18(20-14)19(3)10-7-11-22(19)17(23)13-16-8-5-4-6-9-16/h4-6,8-9,12H,7,10-11,13H2,1-3H3. The molecule has 1 unspecified atom stereocenters. The van der Waals surface area contributed by atoms with E-state index in [1.165, 1.54) is 0 Å². The fourth-order valence-electron chi connectivity index (χ4n) is 3.43. The largest absolute Gasteiger partial charge is 0.330 e. The highest BCUT2D eigenvalue weighted by Crippen LogP contribution is 2.37. The molecule has 1 saturated heterocycles. The van der Waals surface area contributed by atoms with Crippen molar-refractivity contribution in [3.8, 4) is 0 Å². The molecule has 0 bridgehead atoms. The van der Waals surface area contributed by atoms with Gasteiger partial charge in [0.25, 0.3) is 0 Å². The normalized spacial score (nSPS) is 20.7. The molecule has 0 spiro atoms. The first-order valence-corrected chi connectivity index (χ1v) is 8.16. The van der Waals surface area contributed by atoms with Gasteiger partial charge in [-0.1, -0.05) is 30.3 Å². The number of likely N-dealkylation sites (tertiary alicyclic amines) is 1. The number of rotatable bonds is 3. The molecule has 0 radical (unpaired) electrons. The molecule has 1 aliphatic rings. The maximum Gasteiger partial charge on any atom is 0.227 e. The summed E-state index contributed by atoms with van der Waals surface area (Å²) in [5.74, 6) is 0.924. The van der Waals surface area contributed by atoms with E-state index in [0.717, 1.165) is 42.2 Å². The lowest BCUT2D eigenvalue weighted by Crippen LogP contribution is -2.44. The van der Waals surface area contributed by atoms with E-state index in [1.54, 1.807) is 0 Å². The molecule has 120 valence electrons. The van der Waals surface area contributed by atoms with Crippen molar-refractivity contribution >= 4 is 5.91 Å². The summed E-state index contributed by atoms with van der Waals surface area (Å²) in [7, 11) is 0. The minimum Gasteiger partial charge on any atom is -0.330 e. The summed E-state index contributed by atoms with van der Waals surface area (Å²) < 4.78 is 0. The number of carbonyl (C=O) groups is 1. The van der Waals surface area contributed by atoms with E-state index in [0.29, 0.717) is 6.42 Å². The second kappa shape index (κ2) is 6.11. The highest BCUT2D eigenvalue weighted by Gasteiger charge is 2.43. The zero-order chi connectivity index (χ0) is 16.4. The fourth-order valence-corrected chi connectivity index (χ4v) is 3.43. The van der Waals surface area contributed by atoms with E-state index in [2.05, 4.69) is 16.9 Å². The lowest BCUT2D eigenvalue weighted by atomic mass is 9.96. The van der Waals surface area contributed by atoms with Crippen molar-refractivity contribution < 1.29 is 4.79 Å². The van der Waals surface area contributed by atoms with Gasteiger partial charge < -0.3 is 4.90 Å². The summed E-state index contributed by atoms with van der Waals surface area (Å²) in [6.07, 6.45) is 2.34. The SMILES string of the molecule is Cc1cc(C)nc(C2(C)CCCN2C(=O)Cc2ccccc2)n1. The van der Waals surface area contributed by atoms with Crippen LogP contribution in [0.4, 0.5) is 0 Å². The van der Waals surface area contributed by atoms with Crippen molar-refractivity contribution in [3.05, 3.63) is 59.2 Å². The van der Waals surface area contributed by atoms with E-state index in [1.807, 2.05) is 55.1 Å². The van der Waals surface area contributed by atoms with E-state index in [4.69, 9.17) is 0 Å². The molecule has 1 aliphatic heterocycles. The summed E-state index contributed by atoms with van der Waals surface area (Å²) in [5, 5.41) is 0. The first-order valence-electron chi connectivity index (χ1n) is 8.16. The van der Waals surface area contributed by atoms with Crippen LogP contribution in [0, 0.1) is 13.8 Å². The molecule has 1 amide bonds. The summed E-state index contributed by atoms with van der Waals surface area (Å²) in [4.78, 5) is 24.1. The third-order valence-electron chi connectivity index (χ3n) is 4.60. The van der Waals surface area contributed by atoms with Crippen LogP contribution in [0.2, 0.25) is 0 Å². The number of amides is 1. The van der Waals surface area contributed by atoms with Gasteiger partial charge in [-0.3, -0.25) is 4.79 Å². The van der Waals surface area contributed by atoms with Crippen molar-refractivity contribution in [2.75, 3.05) is 6.54 Å². The Kier molecular flexibility index (Phi) is 4.16. The first-order chi connectivity index (χ1) is 11.0. The Morgan fingerprint density at radius 2 is 1.83 bits per heavy atom. The number of hydrogen-bond acceptors (Lipinski definition) is 3. The predicted octanol–water partition coefficient (Wildman–Crippen LogP) is 3.17. The number of aryl methyl sites for hydroxylation is 2. The second-order valence-electron chi connectivity index (χ2n) is 6.56. The molecule has 1 fully saturated rings. The average molecular weight is 309 g/mol. The van der Waals surface area contributed by atoms with Crippen molar-refractivity contribution in [1.82, 2.24) is 14.9 Å². The topological polar surface area (TPSA) is 46.1 Å². The monoisotopic (exact) mass is 309 g/mol. The highest BCUT2D eigenvalue weighted by molar-refractivity contribution is 5.80. The number of aromatic nitrogens is 2. The number of nitrogens with zero attached hydrogens (tertiary/aromatic N) is 3. The molecule has 0 N–H and O–H groups in total. The minimum atomic E-state index is -0.400. The molecule has 0 aliphatic carbocycles. The third kappa shape index (κ3) is 3.11. The molecule has 4 heteroatoms. The molecule has 1 aromatic carbocycles. The van der Waals surface area contributed by atoms with Crippen LogP contribution in [0.1, 0.15) is 42.5 Å². The van der Waals surface area contributed by atoms with Gasteiger partial charge >= 0.3 is 0 Å². The lowest BCUT2D eigenvalue weighted by Gasteiger charge is -2.34. The Morgan fingerprint density at radius 1 is 1.17 bits per heavy atom. The van der Waals surface area contributed by atoms with E-state index in [9.17, 15) is 4.79 Å². The van der Waals surface area contributed by atoms with Gasteiger partial charge in [-0.15, -0.1) is 0 Å². The van der Waals surface area contributed by atoms with Crippen LogP contribution < -0.4 is 0 Å². The van der Waals surface area contributed by atoms with Gasteiger partial charge in [0.15, 0.2) is 5.82 Å². The van der Waals surface area contributed by atoms with Gasteiger partial charge in [-0.25, -0.2) is 9.97 Å². The van der Waals surface area contributed by atoms with Crippen LogP contribution in [0.15, 0.2) is 36.4 Å². The van der Waals surface area contributed by atoms with Crippen molar-refractivity contribution in [2.45, 2.75) is 45.6 Å². The smallest absolute Gasteiger partial charge is 0.227 e. The Balaban J connectivity index is 1.88. The second-order valence-corrected chi connectivity index (χ2v) is 6.56. The molecule has 4 nitrogen and oxygen atoms in total. The zero-order valence-electron chi connectivity index (χ0n) is 14.0. The summed E-state index contributed by atoms with van der Waals surface area (Å²) in [5.41, 5.74) is 2.56. The fraction of sp³-hybridized carbons (Fsp3) is 0.421. The van der Waals surface area contributed by atoms with E-state index in [-0.39, 0.29) is 5.91 Å². The van der Waals surface area contributed by atoms with Crippen LogP contribution in [-0.4, -0.2) is 27.3 Å². The van der Waals surface area contributed by atoms with Gasteiger partial charge in [-0.05, 0) is 45.2 Å². The van der Waals surface area contributed by atoms with Gasteiger partial charge in [-0.2, -0.15) is 0 Å². The van der Waals surface area contributed by atoms with Gasteiger partial charge in [0, 0.05) is 17.9 Å². The Morgan fingerprint density at radius 3 is 2.48 bits per heavy atom. The number of hydrogen-bond donors (Lipinski definition) is 0. The average Bonchev–Trinajstić information content (AvgIpc) is 2.91. The van der Waals surface area contributed by atoms with Gasteiger partial charge in [0.2, 0.25) is 5.91 Å². The zero-order valence-corrected chi connectivity index (χ0v) is 14.0. The summed E-state index contributed by atoms with van der Waals surface area (Å²) in [6, 6.07) is 11.9. The number of carbonyl (C=O) groups excluding carboxylic acids is 1. The Hall–Kier alpha value is -2.23. The Labute approximate surface area is 137 Å². The minimum absolute atomic E-state index is 0.152. The van der Waals surface area contributed by atoms with E-state index < -0.39 is 5.54 Å². The maximum atomic E-state index is 12.8. The molecule has 3 rings (SSSR count). The van der Waals surface area contributed by atoms with Crippen LogP contribution in [0.25, 0.3) is 0 Å². The van der Waals surface area contributed by atoms with Gasteiger partial charge in [0.05, 0.1) is 12.0 Å². The maximum absolute atomic E-state index is 12.8. The van der Waals surface area contributed by atoms with Crippen molar-refractivity contribution in [1.29, 1.82) is 0 Å². The van der Waals surface area contributed by atoms with Crippen molar-refractivity contribution in [2.24, 2.45) is 0 Å². The van der Waals surface area contributed by atoms with Gasteiger partial charge in [0.1, 0.15) is 0 Å². The predicted molar refractivity (Wildman–Crippen MR) is 90.0 cm³/mol. The van der Waals surface area contributed by atoms with Crippen molar-refractivity contribution in [3.63, 3.8) is 0 Å². The summed E-state index contributed by atoms with van der Waals surface area (Å²) in [6.45, 7) is 6.83. The quantitative estimate of drug-likeness (QED) is 0.875. The molecule has 1 aromatic heterocycles. The Bertz CT molecular complexity index is 694. The highest BCUT2D eigenvalue weighted by atomic mass is 16.2. The molecule has 23 heavy (non-hydrogen) atoms. The van der Waals surface area contributed by atoms with Crippen LogP contribution >= 0.6 is 0 Å². The van der Waals surface area contributed by atoms with Crippen LogP contribution in [0.5, 0.6) is 0 Å². The van der Waals surface area contributed by atoms with E-state index >= 15 is 0 Å². The van der Waals surface area contributed by atoms with Crippen LogP contribution in [-0.2, 0) is 16.8 Å². The third-order valence-corrected chi connectivity index (χ3v) is 4.60. The lowest BCUT2D eigenvalue weighted by molar-refractivity contribution is -0.134. The molecule has 2 heterocycles.